The lowest BCUT2D eigenvalue weighted by atomic mass is 10.1. The molecule has 1 aliphatic rings. The number of aryl methyl sites for hydroxylation is 2. The second kappa shape index (κ2) is 9.53. The van der Waals surface area contributed by atoms with Crippen molar-refractivity contribution >= 4 is 46.4 Å². The maximum atomic E-state index is 13.0. The van der Waals surface area contributed by atoms with Gasteiger partial charge in [-0.15, -0.1) is 0 Å². The van der Waals surface area contributed by atoms with Crippen molar-refractivity contribution in [1.82, 2.24) is 0 Å². The zero-order chi connectivity index (χ0) is 24.4. The zero-order valence-corrected chi connectivity index (χ0v) is 19.9. The van der Waals surface area contributed by atoms with Gasteiger partial charge in [0.2, 0.25) is 0 Å². The summed E-state index contributed by atoms with van der Waals surface area (Å²) in [4.78, 5) is 39.3. The average Bonchev–Trinajstić information content (AvgIpc) is 3.05. The molecule has 0 unspecified atom stereocenters. The first-order valence-electron chi connectivity index (χ1n) is 10.9. The van der Waals surface area contributed by atoms with Crippen LogP contribution < -0.4 is 15.5 Å². The minimum atomic E-state index is -0.581. The average molecular weight is 474 g/mol. The first-order valence-corrected chi connectivity index (χ1v) is 11.3. The Morgan fingerprint density at radius 1 is 0.912 bits per heavy atom. The summed E-state index contributed by atoms with van der Waals surface area (Å²) < 4.78 is 0. The maximum Gasteiger partial charge on any atom is 0.283 e. The topological polar surface area (TPSA) is 78.5 Å². The number of benzene rings is 3. The highest BCUT2D eigenvalue weighted by molar-refractivity contribution is 6.53. The van der Waals surface area contributed by atoms with Crippen molar-refractivity contribution in [3.63, 3.8) is 0 Å². The van der Waals surface area contributed by atoms with E-state index in [-0.39, 0.29) is 16.6 Å². The third-order valence-corrected chi connectivity index (χ3v) is 6.25. The maximum absolute atomic E-state index is 13.0. The fourth-order valence-electron chi connectivity index (χ4n) is 3.66. The third kappa shape index (κ3) is 4.45. The number of halogens is 1. The second-order valence-electron chi connectivity index (χ2n) is 8.06. The van der Waals surface area contributed by atoms with Gasteiger partial charge in [0.05, 0.1) is 5.69 Å². The molecule has 3 aromatic rings. The second-order valence-corrected chi connectivity index (χ2v) is 8.44. The predicted molar refractivity (Wildman–Crippen MR) is 135 cm³/mol. The van der Waals surface area contributed by atoms with E-state index in [0.29, 0.717) is 16.9 Å². The molecule has 2 N–H and O–H groups in total. The first kappa shape index (κ1) is 23.3. The van der Waals surface area contributed by atoms with Gasteiger partial charge in [0.1, 0.15) is 10.7 Å². The van der Waals surface area contributed by atoms with Gasteiger partial charge in [-0.05, 0) is 79.4 Å². The molecule has 3 aromatic carbocycles. The van der Waals surface area contributed by atoms with E-state index >= 15 is 0 Å². The summed E-state index contributed by atoms with van der Waals surface area (Å²) >= 11 is 6.22. The minimum Gasteiger partial charge on any atom is -0.350 e. The lowest BCUT2D eigenvalue weighted by molar-refractivity contribution is -0.120. The fraction of sp³-hybridized carbons (Fsp3) is 0.148. The van der Waals surface area contributed by atoms with Crippen molar-refractivity contribution < 1.29 is 14.4 Å². The van der Waals surface area contributed by atoms with Crippen LogP contribution in [-0.4, -0.2) is 17.7 Å². The van der Waals surface area contributed by atoms with Gasteiger partial charge in [0.15, 0.2) is 0 Å². The Hall–Kier alpha value is -3.90. The highest BCUT2D eigenvalue weighted by Gasteiger charge is 2.38. The van der Waals surface area contributed by atoms with Gasteiger partial charge in [-0.3, -0.25) is 14.4 Å². The largest absolute Gasteiger partial charge is 0.350 e. The Balaban J connectivity index is 1.48. The standard InChI is InChI=1S/C27H24ClN3O3/c1-4-18-8-14-21(15-9-18)31-26(33)23(28)24(27(31)34)29-20-12-10-19(11-13-20)25(32)30-22-7-5-6-16(2)17(22)3/h5-15,29H,4H2,1-3H3,(H,30,32). The Kier molecular flexibility index (Phi) is 6.52. The van der Waals surface area contributed by atoms with Crippen LogP contribution in [0.1, 0.15) is 34.0 Å². The Morgan fingerprint density at radius 3 is 2.24 bits per heavy atom. The molecule has 7 heteroatoms. The molecule has 6 nitrogen and oxygen atoms in total. The zero-order valence-electron chi connectivity index (χ0n) is 19.1. The van der Waals surface area contributed by atoms with Crippen molar-refractivity contribution in [1.29, 1.82) is 0 Å². The Bertz CT molecular complexity index is 1310. The van der Waals surface area contributed by atoms with Crippen LogP contribution in [0.3, 0.4) is 0 Å². The summed E-state index contributed by atoms with van der Waals surface area (Å²) in [6.45, 7) is 5.97. The summed E-state index contributed by atoms with van der Waals surface area (Å²) in [5.74, 6) is -1.36. The molecule has 172 valence electrons. The summed E-state index contributed by atoms with van der Waals surface area (Å²) in [6.07, 6.45) is 0.854. The summed E-state index contributed by atoms with van der Waals surface area (Å²) in [7, 11) is 0. The molecule has 0 spiro atoms. The predicted octanol–water partition coefficient (Wildman–Crippen LogP) is 5.55. The number of anilines is 3. The molecule has 0 radical (unpaired) electrons. The van der Waals surface area contributed by atoms with Crippen molar-refractivity contribution in [3.05, 3.63) is 99.7 Å². The van der Waals surface area contributed by atoms with E-state index in [0.717, 1.165) is 33.7 Å². The van der Waals surface area contributed by atoms with Crippen LogP contribution in [0.15, 0.2) is 77.5 Å². The van der Waals surface area contributed by atoms with Gasteiger partial charge in [-0.2, -0.15) is 0 Å². The molecular weight excluding hydrogens is 450 g/mol. The van der Waals surface area contributed by atoms with Gasteiger partial charge in [0.25, 0.3) is 17.7 Å². The van der Waals surface area contributed by atoms with Gasteiger partial charge in [-0.25, -0.2) is 4.90 Å². The number of hydrogen-bond acceptors (Lipinski definition) is 4. The van der Waals surface area contributed by atoms with Gasteiger partial charge in [0, 0.05) is 16.9 Å². The molecule has 0 bridgehead atoms. The number of nitrogens with zero attached hydrogens (tertiary/aromatic N) is 1. The van der Waals surface area contributed by atoms with Crippen LogP contribution in [0.25, 0.3) is 0 Å². The minimum absolute atomic E-state index is 0.00109. The number of carbonyl (C=O) groups is 3. The molecule has 0 atom stereocenters. The van der Waals surface area contributed by atoms with Crippen molar-refractivity contribution in [2.45, 2.75) is 27.2 Å². The van der Waals surface area contributed by atoms with Crippen LogP contribution in [0.5, 0.6) is 0 Å². The molecule has 0 saturated carbocycles. The molecule has 0 fully saturated rings. The molecule has 34 heavy (non-hydrogen) atoms. The number of imide groups is 1. The molecule has 0 aromatic heterocycles. The van der Waals surface area contributed by atoms with E-state index in [2.05, 4.69) is 10.6 Å². The molecule has 0 aliphatic carbocycles. The number of amides is 3. The molecule has 3 amide bonds. The lowest BCUT2D eigenvalue weighted by Gasteiger charge is -2.15. The molecule has 1 aliphatic heterocycles. The summed E-state index contributed by atoms with van der Waals surface area (Å²) in [6, 6.07) is 19.5. The highest BCUT2D eigenvalue weighted by atomic mass is 35.5. The van der Waals surface area contributed by atoms with Crippen LogP contribution in [0.2, 0.25) is 0 Å². The van der Waals surface area contributed by atoms with Gasteiger partial charge < -0.3 is 10.6 Å². The van der Waals surface area contributed by atoms with E-state index < -0.39 is 11.8 Å². The van der Waals surface area contributed by atoms with Gasteiger partial charge in [-0.1, -0.05) is 42.8 Å². The summed E-state index contributed by atoms with van der Waals surface area (Å²) in [5, 5.41) is 5.67. The van der Waals surface area contributed by atoms with Crippen molar-refractivity contribution in [2.75, 3.05) is 15.5 Å². The van der Waals surface area contributed by atoms with Gasteiger partial charge >= 0.3 is 0 Å². The van der Waals surface area contributed by atoms with Crippen LogP contribution >= 0.6 is 11.6 Å². The third-order valence-electron chi connectivity index (χ3n) is 5.90. The van der Waals surface area contributed by atoms with Crippen molar-refractivity contribution in [2.24, 2.45) is 0 Å². The van der Waals surface area contributed by atoms with E-state index in [4.69, 9.17) is 11.6 Å². The van der Waals surface area contributed by atoms with Crippen LogP contribution in [-0.2, 0) is 16.0 Å². The smallest absolute Gasteiger partial charge is 0.283 e. The van der Waals surface area contributed by atoms with E-state index in [1.54, 1.807) is 36.4 Å². The normalized spacial score (nSPS) is 13.5. The number of nitrogens with one attached hydrogen (secondary N) is 2. The van der Waals surface area contributed by atoms with E-state index in [1.807, 2.05) is 51.1 Å². The molecule has 1 heterocycles. The number of rotatable bonds is 6. The van der Waals surface area contributed by atoms with Crippen LogP contribution in [0.4, 0.5) is 17.1 Å². The molecule has 4 rings (SSSR count). The SMILES string of the molecule is CCc1ccc(N2C(=O)C(Cl)=C(Nc3ccc(C(=O)Nc4cccc(C)c4C)cc3)C2=O)cc1. The fourth-order valence-corrected chi connectivity index (χ4v) is 3.87. The Labute approximate surface area is 203 Å². The summed E-state index contributed by atoms with van der Waals surface area (Å²) in [5.41, 5.74) is 5.40. The van der Waals surface area contributed by atoms with E-state index in [9.17, 15) is 14.4 Å². The number of carbonyl (C=O) groups excluding carboxylic acids is 3. The van der Waals surface area contributed by atoms with Crippen LogP contribution in [0, 0.1) is 13.8 Å². The van der Waals surface area contributed by atoms with E-state index in [1.165, 1.54) is 0 Å². The lowest BCUT2D eigenvalue weighted by Crippen LogP contribution is -2.32. The molecule has 0 saturated heterocycles. The quantitative estimate of drug-likeness (QED) is 0.460. The number of hydrogen-bond donors (Lipinski definition) is 2. The molecular formula is C27H24ClN3O3. The highest BCUT2D eigenvalue weighted by Crippen LogP contribution is 2.30. The Morgan fingerprint density at radius 2 is 1.59 bits per heavy atom. The first-order chi connectivity index (χ1) is 16.3. The van der Waals surface area contributed by atoms with Crippen molar-refractivity contribution in [3.8, 4) is 0 Å². The monoisotopic (exact) mass is 473 g/mol.